The largest absolute Gasteiger partial charge is 0.493 e. The van der Waals surface area contributed by atoms with Gasteiger partial charge in [0.2, 0.25) is 49.0 Å². The van der Waals surface area contributed by atoms with Gasteiger partial charge in [-0.05, 0) is 164 Å². The van der Waals surface area contributed by atoms with E-state index in [1.165, 1.54) is 87.8 Å². The number of carbonyl (C=O) groups is 9. The Labute approximate surface area is 637 Å². The molecule has 7 N–H and O–H groups in total. The summed E-state index contributed by atoms with van der Waals surface area (Å²) in [6.07, 6.45) is 2.49. The quantitative estimate of drug-likeness (QED) is 0.00747. The van der Waals surface area contributed by atoms with Crippen molar-refractivity contribution in [2.24, 2.45) is 22.0 Å². The maximum atomic E-state index is 16.3. The monoisotopic (exact) mass is 1550 g/mol. The van der Waals surface area contributed by atoms with Gasteiger partial charge in [-0.2, -0.15) is 8.78 Å². The Hall–Kier alpha value is -8.86. The van der Waals surface area contributed by atoms with E-state index in [0.717, 1.165) is 63.4 Å². The lowest BCUT2D eigenvalue weighted by atomic mass is 9.85. The van der Waals surface area contributed by atoms with Crippen molar-refractivity contribution in [2.45, 2.75) is 221 Å². The van der Waals surface area contributed by atoms with Crippen LogP contribution in [-0.2, 0) is 109 Å². The molecule has 0 radical (unpaired) electrons. The van der Waals surface area contributed by atoms with E-state index in [1.54, 1.807) is 33.2 Å². The van der Waals surface area contributed by atoms with Crippen molar-refractivity contribution >= 4 is 83.5 Å². The van der Waals surface area contributed by atoms with Crippen molar-refractivity contribution in [3.63, 3.8) is 0 Å². The fourth-order valence-electron chi connectivity index (χ4n) is 12.8. The van der Waals surface area contributed by atoms with Gasteiger partial charge >= 0.3 is 25.2 Å². The van der Waals surface area contributed by atoms with Gasteiger partial charge in [0.05, 0.1) is 64.1 Å². The first-order valence-corrected chi connectivity index (χ1v) is 39.0. The number of nitrogens with zero attached hydrogens (tertiary/aromatic N) is 3. The first-order chi connectivity index (χ1) is 51.2. The SMILES string of the molecule is C/C(=C\C(=O)N[C@H]1CCc2cccc3c2N(C1=O)[C@H](C(=O)N[C@@H](CCC(N)=O)[C@@H](C)OCc1ccc(CCCCOc2cc(-c4scnc4C)ccc2CNC(=O)[C@@H]2C[C@@H](O)CN2C(=O)[C@@H](NC(=O)C2(F)CC2)C(C)(C)C)cc1)C3)c1ccc(C(F)(F)P(=O)(OCOC(=O)C(C)(C)C)OCOC(=O)C(C)(C)C)cc1. The number of ether oxygens (including phenoxy) is 4. The molecule has 1 saturated heterocycles. The van der Waals surface area contributed by atoms with E-state index in [0.29, 0.717) is 36.4 Å². The lowest BCUT2D eigenvalue weighted by Crippen LogP contribution is -2.59. The zero-order valence-electron chi connectivity index (χ0n) is 63.7. The number of halogens is 3. The second-order valence-electron chi connectivity index (χ2n) is 31.5. The van der Waals surface area contributed by atoms with Crippen LogP contribution in [0, 0.1) is 23.2 Å². The molecule has 30 heteroatoms. The topological polar surface area (TPSA) is 340 Å². The van der Waals surface area contributed by atoms with Gasteiger partial charge in [-0.15, -0.1) is 11.3 Å². The van der Waals surface area contributed by atoms with Gasteiger partial charge in [-0.3, -0.25) is 61.7 Å². The number of likely N-dealkylation sites (tertiary alicyclic amines) is 1. The number of aliphatic hydroxyl groups is 1. The number of thiazole rings is 1. The second kappa shape index (κ2) is 35.0. The van der Waals surface area contributed by atoms with E-state index >= 15 is 8.78 Å². The number of hydrogen-bond donors (Lipinski definition) is 6. The number of esters is 2. The molecule has 4 aliphatic rings. The third-order valence-corrected chi connectivity index (χ3v) is 22.4. The first-order valence-electron chi connectivity index (χ1n) is 36.5. The molecule has 1 saturated carbocycles. The number of aliphatic hydroxyl groups excluding tert-OH is 1. The zero-order chi connectivity index (χ0) is 79.7. The maximum absolute atomic E-state index is 16.3. The van der Waals surface area contributed by atoms with Crippen LogP contribution in [0.4, 0.5) is 18.9 Å². The highest BCUT2D eigenvalue weighted by atomic mass is 32.1. The summed E-state index contributed by atoms with van der Waals surface area (Å²) < 4.78 is 94.0. The molecule has 2 fully saturated rings. The van der Waals surface area contributed by atoms with Gasteiger partial charge in [-0.25, -0.2) is 9.37 Å². The van der Waals surface area contributed by atoms with Crippen LogP contribution in [0.25, 0.3) is 16.0 Å². The lowest BCUT2D eigenvalue weighted by molar-refractivity contribution is -0.163. The number of rotatable bonds is 33. The summed E-state index contributed by atoms with van der Waals surface area (Å²) in [6, 6.07) is 18.4. The number of carbonyl (C=O) groups excluding carboxylic acids is 9. The summed E-state index contributed by atoms with van der Waals surface area (Å²) in [7, 11) is -5.62. The van der Waals surface area contributed by atoms with Gasteiger partial charge in [0.25, 0.3) is 5.91 Å². The third-order valence-electron chi connectivity index (χ3n) is 19.6. The normalized spacial score (nSPS) is 18.7. The minimum Gasteiger partial charge on any atom is -0.493 e. The maximum Gasteiger partial charge on any atom is 0.410 e. The van der Waals surface area contributed by atoms with E-state index in [4.69, 9.17) is 33.7 Å². The van der Waals surface area contributed by atoms with Crippen LogP contribution in [0.2, 0.25) is 0 Å². The number of unbranched alkanes of at least 4 members (excludes halogenated alkanes) is 1. The van der Waals surface area contributed by atoms with E-state index in [2.05, 4.69) is 26.3 Å². The number of amides is 7. The summed E-state index contributed by atoms with van der Waals surface area (Å²) in [5.74, 6) is -5.46. The summed E-state index contributed by atoms with van der Waals surface area (Å²) in [4.78, 5) is 129. The first kappa shape index (κ1) is 84.2. The van der Waals surface area contributed by atoms with Crippen LogP contribution in [0.15, 0.2) is 96.5 Å². The van der Waals surface area contributed by atoms with Gasteiger partial charge in [0.1, 0.15) is 29.9 Å². The van der Waals surface area contributed by atoms with Crippen molar-refractivity contribution in [2.75, 3.05) is 31.6 Å². The molecule has 0 bridgehead atoms. The highest BCUT2D eigenvalue weighted by molar-refractivity contribution is 7.54. The van der Waals surface area contributed by atoms with Crippen LogP contribution in [0.3, 0.4) is 0 Å². The number of nitrogens with two attached hydrogens (primary N) is 1. The average molecular weight is 1550 g/mol. The highest BCUT2D eigenvalue weighted by Gasteiger charge is 2.57. The van der Waals surface area contributed by atoms with Crippen molar-refractivity contribution in [3.05, 3.63) is 141 Å². The number of aryl methyl sites for hydroxylation is 3. The number of benzene rings is 4. The second-order valence-corrected chi connectivity index (χ2v) is 34.4. The number of alkyl halides is 3. The van der Waals surface area contributed by atoms with Crippen molar-refractivity contribution in [1.29, 1.82) is 0 Å². The van der Waals surface area contributed by atoms with Gasteiger partial charge in [-0.1, -0.05) is 99.6 Å². The molecule has 109 heavy (non-hydrogen) atoms. The molecular formula is C79H100F3N8O17PS. The third kappa shape index (κ3) is 21.2. The number of anilines is 1. The minimum atomic E-state index is -5.62. The highest BCUT2D eigenvalue weighted by Crippen LogP contribution is 2.67. The fourth-order valence-corrected chi connectivity index (χ4v) is 14.9. The number of aromatic nitrogens is 1. The molecule has 4 aromatic carbocycles. The van der Waals surface area contributed by atoms with Crippen LogP contribution in [0.5, 0.6) is 5.75 Å². The molecule has 25 nitrogen and oxygen atoms in total. The standard InChI is InChI=1S/C79H100F3N8O17PS/c1-46(51-25-28-56(29-26-51)79(81,82)108(101,106-44-104-73(99)76(7,8)9)107-45-105-74(100)77(10,11)12)36-64(93)86-59-30-27-52-17-15-18-53-37-61(90(65(52)53)70(59)96)69(95)87-58(31-32-63(83)92)48(3)103-42-50-21-19-49(20-22-50)16-13-14-35-102-62-38-54(66-47(2)85-43-109-66)23-24-55(62)40-84-68(94)60-39-57(91)41-89(60)71(97)67(75(4,5)6)88-72(98)78(80)33-34-78/h15,17-26,28-29,36,38,43,48,57-61,67,91H,13-14,16,27,30-35,37,39-42,44-45H2,1-12H3,(H2,83,92)(H,84,94)(H,86,93)(H,87,95)(H,88,98)/b46-36+/t48-,57-,58+,59+,60+,61+,67-/m1/s1. The van der Waals surface area contributed by atoms with Crippen LogP contribution in [0.1, 0.15) is 172 Å². The van der Waals surface area contributed by atoms with Crippen LogP contribution < -0.4 is 36.6 Å². The van der Waals surface area contributed by atoms with Gasteiger partial charge in [0, 0.05) is 49.6 Å². The van der Waals surface area contributed by atoms with Crippen molar-refractivity contribution in [1.82, 2.24) is 31.2 Å². The number of β-amino-alcohol motifs (C(OH)–C–C–N with tert-alkyl or cyclic N) is 1. The molecule has 590 valence electrons. The molecule has 7 atom stereocenters. The molecule has 0 unspecified atom stereocenters. The summed E-state index contributed by atoms with van der Waals surface area (Å²) in [5, 5.41) is 22.1. The van der Waals surface area contributed by atoms with E-state index < -0.39 is 150 Å². The molecule has 5 aromatic rings. The zero-order valence-corrected chi connectivity index (χ0v) is 65.4. The Morgan fingerprint density at radius 2 is 1.48 bits per heavy atom. The molecule has 9 rings (SSSR count). The molecule has 3 aliphatic heterocycles. The number of allylic oxidation sites excluding steroid dienone is 1. The number of hydrogen-bond acceptors (Lipinski definition) is 19. The van der Waals surface area contributed by atoms with E-state index in [-0.39, 0.29) is 75.8 Å². The smallest absolute Gasteiger partial charge is 0.410 e. The van der Waals surface area contributed by atoms with E-state index in [1.807, 2.05) is 67.6 Å². The predicted octanol–water partition coefficient (Wildman–Crippen LogP) is 10.6. The molecular weight excluding hydrogens is 1450 g/mol. The number of para-hydroxylation sites is 1. The molecule has 1 aromatic heterocycles. The summed E-state index contributed by atoms with van der Waals surface area (Å²) in [6.45, 7) is 17.5. The number of primary amides is 1. The Morgan fingerprint density at radius 1 is 0.835 bits per heavy atom. The van der Waals surface area contributed by atoms with E-state index in [9.17, 15) is 57.2 Å². The van der Waals surface area contributed by atoms with Crippen LogP contribution in [-0.4, -0.2) is 143 Å². The Morgan fingerprint density at radius 3 is 2.08 bits per heavy atom. The van der Waals surface area contributed by atoms with Gasteiger partial charge < -0.3 is 56.0 Å². The summed E-state index contributed by atoms with van der Waals surface area (Å²) in [5.41, 5.74) is 4.14. The van der Waals surface area contributed by atoms with Crippen molar-refractivity contribution < 1.29 is 94.0 Å². The number of nitrogens with one attached hydrogen (secondary N) is 4. The minimum absolute atomic E-state index is 0.0234. The van der Waals surface area contributed by atoms with Gasteiger partial charge in [0.15, 0.2) is 5.67 Å². The van der Waals surface area contributed by atoms with Crippen molar-refractivity contribution in [3.8, 4) is 16.2 Å². The summed E-state index contributed by atoms with van der Waals surface area (Å²) >= 11 is 1.49. The Kier molecular flexibility index (Phi) is 27.0. The molecule has 7 amide bonds. The molecule has 4 heterocycles. The molecule has 1 aliphatic carbocycles. The lowest BCUT2D eigenvalue weighted by Gasteiger charge is -2.35. The predicted molar refractivity (Wildman–Crippen MR) is 400 cm³/mol. The van der Waals surface area contributed by atoms with Crippen LogP contribution >= 0.6 is 18.9 Å². The Balaban J connectivity index is 0.782. The fraction of sp³-hybridized carbons (Fsp3) is 0.519. The Bertz CT molecular complexity index is 4230. The average Bonchev–Trinajstić information content (AvgIpc) is 1.68. The molecule has 0 spiro atoms.